The van der Waals surface area contributed by atoms with Crippen LogP contribution in [0, 0.1) is 10.5 Å². The van der Waals surface area contributed by atoms with Crippen LogP contribution < -0.4 is 0 Å². The predicted octanol–water partition coefficient (Wildman–Crippen LogP) is 4.55. The van der Waals surface area contributed by atoms with Crippen molar-refractivity contribution in [1.29, 1.82) is 0 Å². The van der Waals surface area contributed by atoms with Crippen molar-refractivity contribution in [1.82, 2.24) is 0 Å². The van der Waals surface area contributed by atoms with Crippen LogP contribution in [0.25, 0.3) is 10.1 Å². The van der Waals surface area contributed by atoms with Crippen LogP contribution in [-0.2, 0) is 5.88 Å². The summed E-state index contributed by atoms with van der Waals surface area (Å²) in [4.78, 5) is 1.35. The summed E-state index contributed by atoms with van der Waals surface area (Å²) < 4.78 is 2.69. The zero-order valence-electron chi connectivity index (χ0n) is 7.10. The van der Waals surface area contributed by atoms with Gasteiger partial charge in [-0.25, -0.2) is 0 Å². The van der Waals surface area contributed by atoms with E-state index in [0.717, 1.165) is 0 Å². The minimum Gasteiger partial charge on any atom is -0.139 e. The van der Waals surface area contributed by atoms with Crippen molar-refractivity contribution >= 4 is 55.6 Å². The Morgan fingerprint density at radius 3 is 2.92 bits per heavy atom. The van der Waals surface area contributed by atoms with Crippen LogP contribution in [0.1, 0.15) is 10.4 Å². The molecule has 1 heterocycles. The first-order chi connectivity index (χ1) is 6.22. The summed E-state index contributed by atoms with van der Waals surface area (Å²) in [7, 11) is 0. The standard InChI is InChI=1S/C10H8ClIS/c1-6-4-8-7(5-11)2-3-9(12)10(8)13-6/h2-4H,5H2,1H3. The molecule has 0 nitrogen and oxygen atoms in total. The van der Waals surface area contributed by atoms with Crippen molar-refractivity contribution in [3.63, 3.8) is 0 Å². The van der Waals surface area contributed by atoms with Gasteiger partial charge in [0.05, 0.1) is 0 Å². The van der Waals surface area contributed by atoms with Crippen LogP contribution in [0.15, 0.2) is 18.2 Å². The molecular formula is C10H8ClIS. The SMILES string of the molecule is Cc1cc2c(CCl)ccc(I)c2s1. The first-order valence-electron chi connectivity index (χ1n) is 3.96. The Kier molecular flexibility index (Phi) is 2.81. The molecule has 0 aliphatic rings. The van der Waals surface area contributed by atoms with E-state index in [0.29, 0.717) is 5.88 Å². The molecule has 0 radical (unpaired) electrons. The van der Waals surface area contributed by atoms with Crippen molar-refractivity contribution in [2.75, 3.05) is 0 Å². The monoisotopic (exact) mass is 322 g/mol. The predicted molar refractivity (Wildman–Crippen MR) is 68.8 cm³/mol. The maximum atomic E-state index is 5.87. The molecule has 0 unspecified atom stereocenters. The van der Waals surface area contributed by atoms with Gasteiger partial charge in [-0.2, -0.15) is 0 Å². The number of hydrogen-bond donors (Lipinski definition) is 0. The molecule has 13 heavy (non-hydrogen) atoms. The van der Waals surface area contributed by atoms with Crippen molar-refractivity contribution in [3.05, 3.63) is 32.2 Å². The minimum absolute atomic E-state index is 0.601. The third kappa shape index (κ3) is 1.72. The van der Waals surface area contributed by atoms with Crippen molar-refractivity contribution in [3.8, 4) is 0 Å². The molecule has 0 N–H and O–H groups in total. The zero-order valence-corrected chi connectivity index (χ0v) is 10.8. The van der Waals surface area contributed by atoms with Gasteiger partial charge in [0.25, 0.3) is 0 Å². The van der Waals surface area contributed by atoms with Gasteiger partial charge in [-0.05, 0) is 52.6 Å². The largest absolute Gasteiger partial charge is 0.139 e. The average Bonchev–Trinajstić information content (AvgIpc) is 2.48. The number of fused-ring (bicyclic) bond motifs is 1. The van der Waals surface area contributed by atoms with Crippen LogP contribution in [-0.4, -0.2) is 0 Å². The molecule has 0 bridgehead atoms. The minimum atomic E-state index is 0.601. The smallest absolute Gasteiger partial charge is 0.0482 e. The zero-order chi connectivity index (χ0) is 9.42. The molecule has 2 aromatic rings. The van der Waals surface area contributed by atoms with E-state index in [2.05, 4.69) is 47.7 Å². The lowest BCUT2D eigenvalue weighted by atomic mass is 10.1. The van der Waals surface area contributed by atoms with Gasteiger partial charge in [-0.1, -0.05) is 6.07 Å². The van der Waals surface area contributed by atoms with Gasteiger partial charge < -0.3 is 0 Å². The molecule has 0 aliphatic heterocycles. The first kappa shape index (κ1) is 9.74. The molecule has 0 atom stereocenters. The van der Waals surface area contributed by atoms with E-state index in [1.165, 1.54) is 24.1 Å². The summed E-state index contributed by atoms with van der Waals surface area (Å²) in [6, 6.07) is 6.47. The summed E-state index contributed by atoms with van der Waals surface area (Å²) in [6.07, 6.45) is 0. The van der Waals surface area contributed by atoms with E-state index < -0.39 is 0 Å². The van der Waals surface area contributed by atoms with Crippen molar-refractivity contribution in [2.24, 2.45) is 0 Å². The van der Waals surface area contributed by atoms with Gasteiger partial charge in [0.15, 0.2) is 0 Å². The van der Waals surface area contributed by atoms with Crippen LogP contribution in [0.4, 0.5) is 0 Å². The summed E-state index contributed by atoms with van der Waals surface area (Å²) in [6.45, 7) is 2.14. The van der Waals surface area contributed by atoms with Crippen molar-refractivity contribution < 1.29 is 0 Å². The maximum Gasteiger partial charge on any atom is 0.0482 e. The van der Waals surface area contributed by atoms with E-state index in [1.807, 2.05) is 11.3 Å². The van der Waals surface area contributed by atoms with Gasteiger partial charge in [-0.3, -0.25) is 0 Å². The maximum absolute atomic E-state index is 5.87. The van der Waals surface area contributed by atoms with Gasteiger partial charge in [0.1, 0.15) is 0 Å². The highest BCUT2D eigenvalue weighted by atomic mass is 127. The Balaban J connectivity index is 2.83. The number of alkyl halides is 1. The molecule has 0 saturated heterocycles. The summed E-state index contributed by atoms with van der Waals surface area (Å²) in [5.41, 5.74) is 1.24. The van der Waals surface area contributed by atoms with E-state index in [4.69, 9.17) is 11.6 Å². The lowest BCUT2D eigenvalue weighted by molar-refractivity contribution is 1.45. The average molecular weight is 323 g/mol. The topological polar surface area (TPSA) is 0 Å². The Bertz CT molecular complexity index is 447. The number of halogens is 2. The number of aryl methyl sites for hydroxylation is 1. The highest BCUT2D eigenvalue weighted by Gasteiger charge is 2.06. The van der Waals surface area contributed by atoms with Crippen LogP contribution in [0.5, 0.6) is 0 Å². The van der Waals surface area contributed by atoms with Crippen LogP contribution in [0.2, 0.25) is 0 Å². The second kappa shape index (κ2) is 3.75. The molecule has 0 fully saturated rings. The van der Waals surface area contributed by atoms with Crippen molar-refractivity contribution in [2.45, 2.75) is 12.8 Å². The fourth-order valence-corrected chi connectivity index (χ4v) is 3.38. The van der Waals surface area contributed by atoms with E-state index in [9.17, 15) is 0 Å². The fraction of sp³-hybridized carbons (Fsp3) is 0.200. The normalized spacial score (nSPS) is 11.0. The van der Waals surface area contributed by atoms with Gasteiger partial charge >= 0.3 is 0 Å². The summed E-state index contributed by atoms with van der Waals surface area (Å²) in [5.74, 6) is 0.601. The molecule has 3 heteroatoms. The second-order valence-electron chi connectivity index (χ2n) is 2.94. The highest BCUT2D eigenvalue weighted by Crippen LogP contribution is 2.32. The molecule has 0 amide bonds. The molecular weight excluding hydrogens is 315 g/mol. The van der Waals surface area contributed by atoms with E-state index in [-0.39, 0.29) is 0 Å². The lowest BCUT2D eigenvalue weighted by Crippen LogP contribution is -1.79. The summed E-state index contributed by atoms with van der Waals surface area (Å²) >= 11 is 10.1. The molecule has 2 rings (SSSR count). The third-order valence-electron chi connectivity index (χ3n) is 1.99. The van der Waals surface area contributed by atoms with Gasteiger partial charge in [-0.15, -0.1) is 22.9 Å². The lowest BCUT2D eigenvalue weighted by Gasteiger charge is -1.99. The van der Waals surface area contributed by atoms with Gasteiger partial charge in [0.2, 0.25) is 0 Å². The molecule has 0 saturated carbocycles. The second-order valence-corrected chi connectivity index (χ2v) is 5.63. The van der Waals surface area contributed by atoms with E-state index in [1.54, 1.807) is 0 Å². The number of benzene rings is 1. The highest BCUT2D eigenvalue weighted by molar-refractivity contribution is 14.1. The Morgan fingerprint density at radius 1 is 1.46 bits per heavy atom. The fourth-order valence-electron chi connectivity index (χ4n) is 1.39. The quantitative estimate of drug-likeness (QED) is 0.533. The molecule has 0 aliphatic carbocycles. The first-order valence-corrected chi connectivity index (χ1v) is 6.39. The molecule has 1 aromatic heterocycles. The third-order valence-corrected chi connectivity index (χ3v) is 4.63. The molecule has 0 spiro atoms. The molecule has 1 aromatic carbocycles. The number of thiophene rings is 1. The Labute approximate surface area is 100 Å². The number of rotatable bonds is 1. The summed E-state index contributed by atoms with van der Waals surface area (Å²) in [5, 5.41) is 1.32. The Hall–Kier alpha value is 0.200. The van der Waals surface area contributed by atoms with Gasteiger partial charge in [0, 0.05) is 19.0 Å². The molecule has 68 valence electrons. The van der Waals surface area contributed by atoms with Crippen LogP contribution in [0.3, 0.4) is 0 Å². The Morgan fingerprint density at radius 2 is 2.23 bits per heavy atom. The number of hydrogen-bond acceptors (Lipinski definition) is 1. The van der Waals surface area contributed by atoms with E-state index >= 15 is 0 Å². The van der Waals surface area contributed by atoms with Crippen LogP contribution >= 0.6 is 45.5 Å².